The Kier molecular flexibility index (Phi) is 3.53. The largest absolute Gasteiger partial charge is 0.339 e. The average Bonchev–Trinajstić information content (AvgIpc) is 3.04. The van der Waals surface area contributed by atoms with E-state index in [0.717, 1.165) is 5.56 Å². The number of amides is 1. The summed E-state index contributed by atoms with van der Waals surface area (Å²) in [6.45, 7) is 1.01. The lowest BCUT2D eigenvalue weighted by atomic mass is 9.98. The molecule has 7 heteroatoms. The molecule has 3 heterocycles. The lowest BCUT2D eigenvalue weighted by Gasteiger charge is -2.37. The molecule has 1 aliphatic heterocycles. The van der Waals surface area contributed by atoms with Gasteiger partial charge in [0.2, 0.25) is 11.7 Å². The fraction of sp³-hybridized carbons (Fsp3) is 0.176. The van der Waals surface area contributed by atoms with E-state index in [-0.39, 0.29) is 17.6 Å². The molecule has 120 valence electrons. The number of pyridine rings is 1. The number of halogens is 1. The van der Waals surface area contributed by atoms with E-state index in [0.29, 0.717) is 30.4 Å². The third-order valence-electron chi connectivity index (χ3n) is 3.97. The fourth-order valence-corrected chi connectivity index (χ4v) is 2.59. The summed E-state index contributed by atoms with van der Waals surface area (Å²) in [5, 5.41) is 3.96. The molecule has 6 nitrogen and oxygen atoms in total. The van der Waals surface area contributed by atoms with Crippen LogP contribution in [-0.4, -0.2) is 39.0 Å². The molecule has 1 fully saturated rings. The number of likely N-dealkylation sites (tertiary alicyclic amines) is 1. The Balaban J connectivity index is 1.42. The second kappa shape index (κ2) is 5.84. The minimum atomic E-state index is -0.359. The molecule has 0 bridgehead atoms. The first-order valence-electron chi connectivity index (χ1n) is 7.49. The summed E-state index contributed by atoms with van der Waals surface area (Å²) in [6.07, 6.45) is 3.34. The molecule has 1 saturated heterocycles. The summed E-state index contributed by atoms with van der Waals surface area (Å²) < 4.78 is 18.2. The molecule has 3 aromatic rings. The van der Waals surface area contributed by atoms with E-state index in [1.54, 1.807) is 23.4 Å². The van der Waals surface area contributed by atoms with Gasteiger partial charge < -0.3 is 9.42 Å². The summed E-state index contributed by atoms with van der Waals surface area (Å²) >= 11 is 0. The molecular weight excluding hydrogens is 311 g/mol. The zero-order chi connectivity index (χ0) is 16.5. The molecule has 1 aromatic carbocycles. The molecule has 0 atom stereocenters. The molecule has 24 heavy (non-hydrogen) atoms. The van der Waals surface area contributed by atoms with E-state index in [1.807, 2.05) is 6.07 Å². The van der Waals surface area contributed by atoms with Gasteiger partial charge in [0, 0.05) is 36.6 Å². The average molecular weight is 324 g/mol. The number of carbonyl (C=O) groups excluding carboxylic acids is 1. The lowest BCUT2D eigenvalue weighted by molar-refractivity contribution is 0.0569. The van der Waals surface area contributed by atoms with Gasteiger partial charge in [0.25, 0.3) is 5.91 Å². The maximum absolute atomic E-state index is 12.9. The molecule has 1 aliphatic rings. The first-order valence-corrected chi connectivity index (χ1v) is 7.49. The topological polar surface area (TPSA) is 72.1 Å². The second-order valence-electron chi connectivity index (χ2n) is 5.61. The van der Waals surface area contributed by atoms with Gasteiger partial charge in [-0.25, -0.2) is 4.39 Å². The first kappa shape index (κ1) is 14.5. The predicted molar refractivity (Wildman–Crippen MR) is 82.6 cm³/mol. The number of rotatable bonds is 3. The number of hydrogen-bond acceptors (Lipinski definition) is 5. The van der Waals surface area contributed by atoms with Gasteiger partial charge in [0.05, 0.1) is 5.92 Å². The van der Waals surface area contributed by atoms with E-state index in [4.69, 9.17) is 4.52 Å². The van der Waals surface area contributed by atoms with Crippen LogP contribution in [0.1, 0.15) is 22.2 Å². The van der Waals surface area contributed by atoms with Crippen LogP contribution in [0.25, 0.3) is 11.4 Å². The standard InChI is InChI=1S/C17H13FN4O2/c18-14-5-3-11(4-6-14)17(23)22-9-13(10-22)16-20-15(21-24-16)12-2-1-7-19-8-12/h1-8,13H,9-10H2. The second-order valence-corrected chi connectivity index (χ2v) is 5.61. The Bertz CT molecular complexity index is 858. The molecule has 0 aliphatic carbocycles. The Labute approximate surface area is 136 Å². The summed E-state index contributed by atoms with van der Waals surface area (Å²) in [6, 6.07) is 9.19. The quantitative estimate of drug-likeness (QED) is 0.740. The van der Waals surface area contributed by atoms with Crippen LogP contribution in [0.15, 0.2) is 53.3 Å². The highest BCUT2D eigenvalue weighted by molar-refractivity contribution is 5.94. The molecule has 4 rings (SSSR count). The van der Waals surface area contributed by atoms with Crippen molar-refractivity contribution in [1.82, 2.24) is 20.0 Å². The van der Waals surface area contributed by atoms with Crippen molar-refractivity contribution in [2.75, 3.05) is 13.1 Å². The van der Waals surface area contributed by atoms with Crippen LogP contribution in [0.5, 0.6) is 0 Å². The SMILES string of the molecule is O=C(c1ccc(F)cc1)N1CC(c2nc(-c3cccnc3)no2)C1. The maximum atomic E-state index is 12.9. The van der Waals surface area contributed by atoms with E-state index in [2.05, 4.69) is 15.1 Å². The third kappa shape index (κ3) is 2.64. The van der Waals surface area contributed by atoms with Crippen molar-refractivity contribution < 1.29 is 13.7 Å². The molecule has 0 spiro atoms. The monoisotopic (exact) mass is 324 g/mol. The molecule has 0 radical (unpaired) electrons. The van der Waals surface area contributed by atoms with Crippen LogP contribution < -0.4 is 0 Å². The van der Waals surface area contributed by atoms with Crippen molar-refractivity contribution >= 4 is 5.91 Å². The van der Waals surface area contributed by atoms with E-state index >= 15 is 0 Å². The smallest absolute Gasteiger partial charge is 0.253 e. The summed E-state index contributed by atoms with van der Waals surface area (Å²) in [7, 11) is 0. The van der Waals surface area contributed by atoms with Gasteiger partial charge in [0.15, 0.2) is 0 Å². The zero-order valence-electron chi connectivity index (χ0n) is 12.6. The number of nitrogens with zero attached hydrogens (tertiary/aromatic N) is 4. The van der Waals surface area contributed by atoms with Gasteiger partial charge in [0.1, 0.15) is 5.82 Å². The zero-order valence-corrected chi connectivity index (χ0v) is 12.6. The highest BCUT2D eigenvalue weighted by atomic mass is 19.1. The van der Waals surface area contributed by atoms with Gasteiger partial charge in [-0.15, -0.1) is 0 Å². The van der Waals surface area contributed by atoms with Gasteiger partial charge in [-0.3, -0.25) is 9.78 Å². The van der Waals surface area contributed by atoms with Crippen molar-refractivity contribution in [1.29, 1.82) is 0 Å². The number of hydrogen-bond donors (Lipinski definition) is 0. The molecule has 0 N–H and O–H groups in total. The van der Waals surface area contributed by atoms with Gasteiger partial charge in [-0.1, -0.05) is 5.16 Å². The Morgan fingerprint density at radius 3 is 2.71 bits per heavy atom. The lowest BCUT2D eigenvalue weighted by Crippen LogP contribution is -2.48. The van der Waals surface area contributed by atoms with Crippen LogP contribution in [-0.2, 0) is 0 Å². The van der Waals surface area contributed by atoms with Crippen LogP contribution in [0.2, 0.25) is 0 Å². The number of benzene rings is 1. The molecule has 0 unspecified atom stereocenters. The number of aromatic nitrogens is 3. The predicted octanol–water partition coefficient (Wildman–Crippen LogP) is 2.51. The van der Waals surface area contributed by atoms with Crippen molar-refractivity contribution in [3.05, 3.63) is 66.1 Å². The highest BCUT2D eigenvalue weighted by Crippen LogP contribution is 2.28. The first-order chi connectivity index (χ1) is 11.7. The minimum absolute atomic E-state index is 0.0207. The summed E-state index contributed by atoms with van der Waals surface area (Å²) in [5.74, 6) is 0.533. The fourth-order valence-electron chi connectivity index (χ4n) is 2.59. The van der Waals surface area contributed by atoms with Crippen LogP contribution in [0.4, 0.5) is 4.39 Å². The van der Waals surface area contributed by atoms with Crippen LogP contribution >= 0.6 is 0 Å². The van der Waals surface area contributed by atoms with E-state index in [1.165, 1.54) is 24.3 Å². The Hall–Kier alpha value is -3.09. The molecular formula is C17H13FN4O2. The molecule has 2 aromatic heterocycles. The van der Waals surface area contributed by atoms with Crippen LogP contribution in [0.3, 0.4) is 0 Å². The van der Waals surface area contributed by atoms with Gasteiger partial charge in [-0.05, 0) is 36.4 Å². The Morgan fingerprint density at radius 1 is 1.21 bits per heavy atom. The van der Waals surface area contributed by atoms with Crippen molar-refractivity contribution in [3.63, 3.8) is 0 Å². The minimum Gasteiger partial charge on any atom is -0.339 e. The van der Waals surface area contributed by atoms with E-state index in [9.17, 15) is 9.18 Å². The third-order valence-corrected chi connectivity index (χ3v) is 3.97. The van der Waals surface area contributed by atoms with Gasteiger partial charge in [-0.2, -0.15) is 4.98 Å². The van der Waals surface area contributed by atoms with Crippen molar-refractivity contribution in [2.45, 2.75) is 5.92 Å². The maximum Gasteiger partial charge on any atom is 0.253 e. The van der Waals surface area contributed by atoms with Crippen molar-refractivity contribution in [3.8, 4) is 11.4 Å². The normalized spacial score (nSPS) is 14.5. The summed E-state index contributed by atoms with van der Waals surface area (Å²) in [4.78, 5) is 22.3. The highest BCUT2D eigenvalue weighted by Gasteiger charge is 2.36. The van der Waals surface area contributed by atoms with Crippen LogP contribution in [0, 0.1) is 5.82 Å². The Morgan fingerprint density at radius 2 is 2.00 bits per heavy atom. The van der Waals surface area contributed by atoms with Gasteiger partial charge >= 0.3 is 0 Å². The molecule has 1 amide bonds. The number of carbonyl (C=O) groups is 1. The van der Waals surface area contributed by atoms with Crippen molar-refractivity contribution in [2.24, 2.45) is 0 Å². The molecule has 0 saturated carbocycles. The van der Waals surface area contributed by atoms with E-state index < -0.39 is 0 Å². The summed E-state index contributed by atoms with van der Waals surface area (Å²) in [5.41, 5.74) is 1.25.